The zero-order valence-corrected chi connectivity index (χ0v) is 12.9. The number of carbonyl (C=O) groups is 2. The lowest BCUT2D eigenvalue weighted by Crippen LogP contribution is -2.32. The van der Waals surface area contributed by atoms with Gasteiger partial charge in [0.2, 0.25) is 0 Å². The summed E-state index contributed by atoms with van der Waals surface area (Å²) in [4.78, 5) is 23.3. The molecule has 112 valence electrons. The van der Waals surface area contributed by atoms with Crippen LogP contribution in [-0.4, -0.2) is 23.1 Å². The minimum absolute atomic E-state index is 0.0261. The Hall–Kier alpha value is -2.67. The zero-order valence-electron chi connectivity index (χ0n) is 11.3. The maximum absolute atomic E-state index is 11.7. The van der Waals surface area contributed by atoms with Gasteiger partial charge >= 0.3 is 11.8 Å². The van der Waals surface area contributed by atoms with E-state index < -0.39 is 11.8 Å². The molecule has 0 radical (unpaired) electrons. The number of halogens is 1. The molecular weight excluding hydrogens is 350 g/mol. The molecule has 0 bridgehead atoms. The maximum atomic E-state index is 11.7. The van der Waals surface area contributed by atoms with Crippen molar-refractivity contribution in [3.8, 4) is 5.75 Å². The molecule has 22 heavy (non-hydrogen) atoms. The molecule has 0 unspecified atom stereocenters. The molecule has 2 aromatic carbocycles. The molecule has 2 rings (SSSR count). The van der Waals surface area contributed by atoms with Crippen LogP contribution in [0.4, 0.5) is 5.69 Å². The summed E-state index contributed by atoms with van der Waals surface area (Å²) in [5, 5.41) is 15.6. The molecule has 2 aromatic rings. The van der Waals surface area contributed by atoms with Gasteiger partial charge in [0.25, 0.3) is 0 Å². The van der Waals surface area contributed by atoms with E-state index >= 15 is 0 Å². The van der Waals surface area contributed by atoms with E-state index in [1.807, 2.05) is 0 Å². The van der Waals surface area contributed by atoms with Crippen LogP contribution >= 0.6 is 15.9 Å². The van der Waals surface area contributed by atoms with Crippen LogP contribution in [0.15, 0.2) is 58.1 Å². The van der Waals surface area contributed by atoms with Crippen LogP contribution in [0.2, 0.25) is 0 Å². The van der Waals surface area contributed by atoms with Crippen molar-refractivity contribution in [3.63, 3.8) is 0 Å². The lowest BCUT2D eigenvalue weighted by Gasteiger charge is -2.05. The lowest BCUT2D eigenvalue weighted by molar-refractivity contribution is -0.136. The van der Waals surface area contributed by atoms with Crippen LogP contribution in [0.3, 0.4) is 0 Å². The van der Waals surface area contributed by atoms with Crippen molar-refractivity contribution < 1.29 is 14.7 Å². The van der Waals surface area contributed by atoms with E-state index in [1.54, 1.807) is 42.5 Å². The summed E-state index contributed by atoms with van der Waals surface area (Å²) in [6.07, 6.45) is 1.25. The second kappa shape index (κ2) is 7.37. The fourth-order valence-corrected chi connectivity index (χ4v) is 1.93. The average molecular weight is 362 g/mol. The number of nitrogens with one attached hydrogen (secondary N) is 2. The first kappa shape index (κ1) is 15.7. The quantitative estimate of drug-likeness (QED) is 0.444. The Bertz CT molecular complexity index is 731. The van der Waals surface area contributed by atoms with Crippen molar-refractivity contribution in [2.75, 3.05) is 5.32 Å². The topological polar surface area (TPSA) is 90.8 Å². The monoisotopic (exact) mass is 361 g/mol. The van der Waals surface area contributed by atoms with Gasteiger partial charge in [0, 0.05) is 10.0 Å². The van der Waals surface area contributed by atoms with E-state index in [2.05, 4.69) is 31.8 Å². The summed E-state index contributed by atoms with van der Waals surface area (Å²) in [5.74, 6) is -1.73. The molecule has 6 nitrogen and oxygen atoms in total. The number of nitrogens with zero attached hydrogens (tertiary/aromatic N) is 1. The number of amides is 2. The van der Waals surface area contributed by atoms with E-state index in [-0.39, 0.29) is 5.75 Å². The number of anilines is 1. The Kier molecular flexibility index (Phi) is 5.26. The molecule has 0 saturated heterocycles. The summed E-state index contributed by atoms with van der Waals surface area (Å²) < 4.78 is 0.661. The maximum Gasteiger partial charge on any atom is 0.329 e. The third-order valence-electron chi connectivity index (χ3n) is 2.63. The van der Waals surface area contributed by atoms with Crippen LogP contribution in [-0.2, 0) is 9.59 Å². The van der Waals surface area contributed by atoms with Gasteiger partial charge in [-0.3, -0.25) is 9.59 Å². The Morgan fingerprint density at radius 2 is 1.73 bits per heavy atom. The average Bonchev–Trinajstić information content (AvgIpc) is 2.51. The summed E-state index contributed by atoms with van der Waals surface area (Å²) >= 11 is 3.26. The fourth-order valence-electron chi connectivity index (χ4n) is 1.55. The van der Waals surface area contributed by atoms with Gasteiger partial charge in [-0.05, 0) is 40.2 Å². The Balaban J connectivity index is 1.94. The second-order valence-electron chi connectivity index (χ2n) is 4.19. The largest absolute Gasteiger partial charge is 0.507 e. The molecule has 2 amide bonds. The van der Waals surface area contributed by atoms with Crippen LogP contribution in [0.25, 0.3) is 0 Å². The first-order valence-corrected chi connectivity index (χ1v) is 7.04. The molecule has 0 aliphatic carbocycles. The van der Waals surface area contributed by atoms with Gasteiger partial charge in [0.1, 0.15) is 5.75 Å². The first-order chi connectivity index (χ1) is 10.6. The highest BCUT2D eigenvalue weighted by Gasteiger charge is 2.13. The summed E-state index contributed by atoms with van der Waals surface area (Å²) in [6.45, 7) is 0. The molecule has 0 saturated carbocycles. The van der Waals surface area contributed by atoms with Gasteiger partial charge in [-0.2, -0.15) is 5.10 Å². The molecule has 0 atom stereocenters. The predicted molar refractivity (Wildman–Crippen MR) is 86.6 cm³/mol. The number of benzene rings is 2. The highest BCUT2D eigenvalue weighted by Crippen LogP contribution is 2.20. The number of carbonyl (C=O) groups excluding carboxylic acids is 2. The molecule has 0 spiro atoms. The summed E-state index contributed by atoms with van der Waals surface area (Å²) in [5.41, 5.74) is 2.99. The molecule has 0 aliphatic heterocycles. The molecular formula is C15H12BrN3O3. The van der Waals surface area contributed by atoms with Crippen molar-refractivity contribution in [2.45, 2.75) is 0 Å². The molecule has 7 heteroatoms. The van der Waals surface area contributed by atoms with Gasteiger partial charge in [0.15, 0.2) is 0 Å². The summed E-state index contributed by atoms with van der Waals surface area (Å²) in [7, 11) is 0. The Morgan fingerprint density at radius 1 is 1.05 bits per heavy atom. The third-order valence-corrected chi connectivity index (χ3v) is 3.33. The number of para-hydroxylation sites is 2. The van der Waals surface area contributed by atoms with Crippen molar-refractivity contribution in [1.82, 2.24) is 5.43 Å². The number of phenols is 1. The normalized spacial score (nSPS) is 10.4. The van der Waals surface area contributed by atoms with E-state index in [0.29, 0.717) is 15.7 Å². The van der Waals surface area contributed by atoms with Gasteiger partial charge in [-0.25, -0.2) is 5.43 Å². The van der Waals surface area contributed by atoms with Crippen molar-refractivity contribution in [1.29, 1.82) is 0 Å². The van der Waals surface area contributed by atoms with Crippen LogP contribution in [0.1, 0.15) is 5.56 Å². The van der Waals surface area contributed by atoms with Crippen molar-refractivity contribution >= 4 is 39.6 Å². The predicted octanol–water partition coefficient (Wildman–Crippen LogP) is 2.24. The zero-order chi connectivity index (χ0) is 15.9. The number of phenolic OH excluding ortho intramolecular Hbond substituents is 1. The van der Waals surface area contributed by atoms with E-state index in [1.165, 1.54) is 12.3 Å². The summed E-state index contributed by atoms with van der Waals surface area (Å²) in [6, 6.07) is 13.4. The smallest absolute Gasteiger partial charge is 0.329 e. The number of rotatable bonds is 3. The van der Waals surface area contributed by atoms with Gasteiger partial charge in [-0.1, -0.05) is 24.3 Å². The highest BCUT2D eigenvalue weighted by molar-refractivity contribution is 9.10. The minimum Gasteiger partial charge on any atom is -0.507 e. The Morgan fingerprint density at radius 3 is 2.45 bits per heavy atom. The van der Waals surface area contributed by atoms with Gasteiger partial charge in [0.05, 0.1) is 11.9 Å². The van der Waals surface area contributed by atoms with Crippen molar-refractivity contribution in [3.05, 3.63) is 58.6 Å². The number of aromatic hydroxyl groups is 1. The number of hydrogen-bond acceptors (Lipinski definition) is 4. The lowest BCUT2D eigenvalue weighted by atomic mass is 10.2. The van der Waals surface area contributed by atoms with Crippen LogP contribution < -0.4 is 10.7 Å². The van der Waals surface area contributed by atoms with Gasteiger partial charge in [-0.15, -0.1) is 0 Å². The van der Waals surface area contributed by atoms with Crippen LogP contribution in [0, 0.1) is 0 Å². The molecule has 0 heterocycles. The first-order valence-electron chi connectivity index (χ1n) is 6.25. The standard InChI is InChI=1S/C15H12BrN3O3/c16-11-6-2-3-7-12(11)18-14(21)15(22)19-17-9-10-5-1-4-8-13(10)20/h1-9,20H,(H,18,21)(H,19,22)/b17-9+. The van der Waals surface area contributed by atoms with E-state index in [9.17, 15) is 14.7 Å². The van der Waals surface area contributed by atoms with Crippen molar-refractivity contribution in [2.24, 2.45) is 5.10 Å². The minimum atomic E-state index is -0.914. The fraction of sp³-hybridized carbons (Fsp3) is 0. The molecule has 0 fully saturated rings. The number of hydrogen-bond donors (Lipinski definition) is 3. The third kappa shape index (κ3) is 4.16. The van der Waals surface area contributed by atoms with Gasteiger partial charge < -0.3 is 10.4 Å². The second-order valence-corrected chi connectivity index (χ2v) is 5.05. The highest BCUT2D eigenvalue weighted by atomic mass is 79.9. The number of hydrazone groups is 1. The molecule has 0 aliphatic rings. The van der Waals surface area contributed by atoms with E-state index in [4.69, 9.17) is 0 Å². The van der Waals surface area contributed by atoms with Crippen LogP contribution in [0.5, 0.6) is 5.75 Å². The SMILES string of the molecule is O=C(N/N=C/c1ccccc1O)C(=O)Nc1ccccc1Br. The molecule has 0 aromatic heterocycles. The Labute approximate surface area is 135 Å². The van der Waals surface area contributed by atoms with E-state index in [0.717, 1.165) is 0 Å². The molecule has 3 N–H and O–H groups in total.